The minimum Gasteiger partial charge on any atom is -0.497 e. The Morgan fingerprint density at radius 2 is 1.94 bits per heavy atom. The van der Waals surface area contributed by atoms with Crippen LogP contribution in [0.1, 0.15) is 21.9 Å². The number of non-ortho nitro benzene ring substituents is 1. The lowest BCUT2D eigenvalue weighted by molar-refractivity contribution is -0.384. The second-order valence-corrected chi connectivity index (χ2v) is 6.84. The van der Waals surface area contributed by atoms with Gasteiger partial charge >= 0.3 is 0 Å². The number of carbonyl (C=O) groups excluding carboxylic acids is 1. The number of aromatic nitrogens is 5. The Labute approximate surface area is 182 Å². The van der Waals surface area contributed by atoms with Crippen molar-refractivity contribution in [2.75, 3.05) is 7.11 Å². The Balaban J connectivity index is 1.44. The maximum atomic E-state index is 12.6. The molecule has 11 nitrogen and oxygen atoms in total. The first-order valence-electron chi connectivity index (χ1n) is 9.60. The number of nitro groups is 1. The van der Waals surface area contributed by atoms with Crippen molar-refractivity contribution >= 4 is 11.6 Å². The van der Waals surface area contributed by atoms with E-state index in [-0.39, 0.29) is 17.9 Å². The van der Waals surface area contributed by atoms with Gasteiger partial charge in [-0.15, -0.1) is 5.10 Å². The molecule has 11 heteroatoms. The Kier molecular flexibility index (Phi) is 5.62. The summed E-state index contributed by atoms with van der Waals surface area (Å²) in [5, 5.41) is 26.2. The molecule has 0 radical (unpaired) electrons. The average Bonchev–Trinajstić information content (AvgIpc) is 3.44. The van der Waals surface area contributed by atoms with E-state index < -0.39 is 10.8 Å². The third kappa shape index (κ3) is 4.17. The Hall–Kier alpha value is -4.54. The van der Waals surface area contributed by atoms with Crippen LogP contribution in [-0.4, -0.2) is 42.7 Å². The van der Waals surface area contributed by atoms with Gasteiger partial charge < -0.3 is 10.1 Å². The van der Waals surface area contributed by atoms with Crippen LogP contribution in [-0.2, 0) is 6.54 Å². The fraction of sp³-hybridized carbons (Fsp3) is 0.143. The van der Waals surface area contributed by atoms with Crippen molar-refractivity contribution in [2.24, 2.45) is 0 Å². The van der Waals surface area contributed by atoms with Crippen LogP contribution >= 0.6 is 0 Å². The van der Waals surface area contributed by atoms with Gasteiger partial charge in [-0.05, 0) is 43.3 Å². The number of carbonyl (C=O) groups is 1. The molecule has 0 aliphatic rings. The highest BCUT2D eigenvalue weighted by Gasteiger charge is 2.18. The van der Waals surface area contributed by atoms with Gasteiger partial charge in [0.2, 0.25) is 0 Å². The van der Waals surface area contributed by atoms with Gasteiger partial charge in [-0.1, -0.05) is 11.3 Å². The molecule has 1 N–H and O–H groups in total. The lowest BCUT2D eigenvalue weighted by Gasteiger charge is -2.05. The highest BCUT2D eigenvalue weighted by atomic mass is 16.6. The molecule has 0 saturated carbocycles. The Morgan fingerprint density at radius 1 is 1.16 bits per heavy atom. The number of nitrogens with one attached hydrogen (secondary N) is 1. The van der Waals surface area contributed by atoms with Gasteiger partial charge in [0.15, 0.2) is 5.69 Å². The topological polar surface area (TPSA) is 130 Å². The number of hydrogen-bond acceptors (Lipinski definition) is 7. The van der Waals surface area contributed by atoms with Crippen LogP contribution in [0.2, 0.25) is 0 Å². The van der Waals surface area contributed by atoms with E-state index in [1.165, 1.54) is 16.8 Å². The van der Waals surface area contributed by atoms with E-state index in [0.29, 0.717) is 17.1 Å². The molecule has 0 aliphatic heterocycles. The lowest BCUT2D eigenvalue weighted by Crippen LogP contribution is -2.24. The predicted molar refractivity (Wildman–Crippen MR) is 114 cm³/mol. The number of amides is 1. The molecule has 0 spiro atoms. The number of rotatable bonds is 7. The van der Waals surface area contributed by atoms with Crippen molar-refractivity contribution in [1.82, 2.24) is 30.1 Å². The number of ether oxygens (including phenoxy) is 1. The molecule has 162 valence electrons. The first kappa shape index (κ1) is 20.7. The summed E-state index contributed by atoms with van der Waals surface area (Å²) in [7, 11) is 1.60. The molecule has 2 heterocycles. The Bertz CT molecular complexity index is 1280. The van der Waals surface area contributed by atoms with Crippen LogP contribution in [0.25, 0.3) is 11.4 Å². The zero-order chi connectivity index (χ0) is 22.7. The zero-order valence-corrected chi connectivity index (χ0v) is 17.3. The first-order chi connectivity index (χ1) is 15.5. The summed E-state index contributed by atoms with van der Waals surface area (Å²) in [6, 6.07) is 15.2. The first-order valence-corrected chi connectivity index (χ1v) is 9.60. The van der Waals surface area contributed by atoms with Crippen LogP contribution < -0.4 is 10.1 Å². The maximum Gasteiger partial charge on any atom is 0.274 e. The molecule has 0 unspecified atom stereocenters. The summed E-state index contributed by atoms with van der Waals surface area (Å²) in [5.41, 5.74) is 2.49. The maximum absolute atomic E-state index is 12.6. The molecule has 2 aromatic heterocycles. The van der Waals surface area contributed by atoms with Gasteiger partial charge in [-0.3, -0.25) is 14.9 Å². The normalized spacial score (nSPS) is 10.7. The quantitative estimate of drug-likeness (QED) is 0.350. The number of methoxy groups -OCH3 is 1. The molecular formula is C21H19N7O4. The molecule has 0 bridgehead atoms. The number of benzene rings is 2. The average molecular weight is 433 g/mol. The van der Waals surface area contributed by atoms with Crippen LogP contribution in [0.5, 0.6) is 5.75 Å². The zero-order valence-electron chi connectivity index (χ0n) is 17.3. The van der Waals surface area contributed by atoms with Gasteiger partial charge in [0.1, 0.15) is 5.75 Å². The minimum absolute atomic E-state index is 0.0733. The van der Waals surface area contributed by atoms with Crippen molar-refractivity contribution < 1.29 is 14.5 Å². The summed E-state index contributed by atoms with van der Waals surface area (Å²) >= 11 is 0. The molecule has 32 heavy (non-hydrogen) atoms. The molecule has 1 amide bonds. The van der Waals surface area contributed by atoms with E-state index in [2.05, 4.69) is 20.7 Å². The van der Waals surface area contributed by atoms with Crippen molar-refractivity contribution in [2.45, 2.75) is 13.5 Å². The largest absolute Gasteiger partial charge is 0.497 e. The number of hydrogen-bond donors (Lipinski definition) is 1. The molecule has 4 rings (SSSR count). The SMILES string of the molecule is COc1ccc(-n2ccc(CNC(=O)c3nnn(-c4cccc([N+](=O)[O-])c4)c3C)n2)cc1. The fourth-order valence-electron chi connectivity index (χ4n) is 3.11. The second kappa shape index (κ2) is 8.68. The molecule has 2 aromatic carbocycles. The summed E-state index contributed by atoms with van der Waals surface area (Å²) in [6.45, 7) is 1.87. The van der Waals surface area contributed by atoms with Crippen LogP contribution in [0.15, 0.2) is 60.8 Å². The highest BCUT2D eigenvalue weighted by Crippen LogP contribution is 2.18. The molecule has 0 fully saturated rings. The van der Waals surface area contributed by atoms with Crippen molar-refractivity contribution in [1.29, 1.82) is 0 Å². The van der Waals surface area contributed by atoms with Gasteiger partial charge in [0.25, 0.3) is 11.6 Å². The third-order valence-electron chi connectivity index (χ3n) is 4.81. The standard InChI is InChI=1S/C21H19N7O4/c1-14-20(23-25-27(14)17-4-3-5-18(12-17)28(30)31)21(29)22-13-15-10-11-26(24-15)16-6-8-19(32-2)9-7-16/h3-12H,13H2,1-2H3,(H,22,29). The molecule has 4 aromatic rings. The molecule has 0 aliphatic carbocycles. The summed E-state index contributed by atoms with van der Waals surface area (Å²) in [4.78, 5) is 23.1. The van der Waals surface area contributed by atoms with E-state index in [0.717, 1.165) is 11.4 Å². The van der Waals surface area contributed by atoms with E-state index >= 15 is 0 Å². The monoisotopic (exact) mass is 433 g/mol. The van der Waals surface area contributed by atoms with Gasteiger partial charge in [0.05, 0.1) is 41.3 Å². The van der Waals surface area contributed by atoms with Crippen LogP contribution in [0.4, 0.5) is 5.69 Å². The molecule has 0 saturated heterocycles. The smallest absolute Gasteiger partial charge is 0.274 e. The van der Waals surface area contributed by atoms with E-state index in [9.17, 15) is 14.9 Å². The van der Waals surface area contributed by atoms with Gasteiger partial charge in [-0.2, -0.15) is 5.10 Å². The number of nitrogens with zero attached hydrogens (tertiary/aromatic N) is 6. The molecule has 0 atom stereocenters. The highest BCUT2D eigenvalue weighted by molar-refractivity contribution is 5.93. The van der Waals surface area contributed by atoms with Gasteiger partial charge in [-0.25, -0.2) is 9.36 Å². The van der Waals surface area contributed by atoms with Crippen LogP contribution in [0.3, 0.4) is 0 Å². The van der Waals surface area contributed by atoms with E-state index in [1.54, 1.807) is 43.1 Å². The van der Waals surface area contributed by atoms with E-state index in [1.807, 2.05) is 24.3 Å². The summed E-state index contributed by atoms with van der Waals surface area (Å²) in [6.07, 6.45) is 1.80. The summed E-state index contributed by atoms with van der Waals surface area (Å²) < 4.78 is 8.24. The van der Waals surface area contributed by atoms with Crippen molar-refractivity contribution in [3.8, 4) is 17.1 Å². The van der Waals surface area contributed by atoms with Crippen LogP contribution in [0, 0.1) is 17.0 Å². The Morgan fingerprint density at radius 3 is 2.66 bits per heavy atom. The summed E-state index contributed by atoms with van der Waals surface area (Å²) in [5.74, 6) is 0.333. The minimum atomic E-state index is -0.492. The van der Waals surface area contributed by atoms with E-state index in [4.69, 9.17) is 4.74 Å². The van der Waals surface area contributed by atoms with Crippen molar-refractivity contribution in [3.63, 3.8) is 0 Å². The second-order valence-electron chi connectivity index (χ2n) is 6.84. The van der Waals surface area contributed by atoms with Gasteiger partial charge in [0, 0.05) is 18.3 Å². The third-order valence-corrected chi connectivity index (χ3v) is 4.81. The van der Waals surface area contributed by atoms with Crippen molar-refractivity contribution in [3.05, 3.63) is 88.0 Å². The number of nitro benzene ring substituents is 1. The molecular weight excluding hydrogens is 414 g/mol. The fourth-order valence-corrected chi connectivity index (χ4v) is 3.11. The predicted octanol–water partition coefficient (Wildman–Crippen LogP) is 2.61. The lowest BCUT2D eigenvalue weighted by atomic mass is 10.2.